The number of alkyl halides is 3. The Morgan fingerprint density at radius 1 is 1.37 bits per heavy atom. The fourth-order valence-corrected chi connectivity index (χ4v) is 1.39. The van der Waals surface area contributed by atoms with Gasteiger partial charge < -0.3 is 10.1 Å². The van der Waals surface area contributed by atoms with E-state index in [-0.39, 0.29) is 12.1 Å². The van der Waals surface area contributed by atoms with E-state index in [1.54, 1.807) is 0 Å². The Balaban J connectivity index is 2.76. The average Bonchev–Trinajstić information content (AvgIpc) is 2.33. The monoisotopic (exact) mass is 279 g/mol. The van der Waals surface area contributed by atoms with Crippen LogP contribution in [-0.2, 0) is 10.9 Å². The number of ketones is 1. The van der Waals surface area contributed by atoms with Crippen molar-refractivity contribution < 1.29 is 27.1 Å². The van der Waals surface area contributed by atoms with Gasteiger partial charge >= 0.3 is 6.18 Å². The summed E-state index contributed by atoms with van der Waals surface area (Å²) in [5.74, 6) is -1.93. The van der Waals surface area contributed by atoms with Crippen LogP contribution in [0.15, 0.2) is 18.2 Å². The number of benzene rings is 1. The van der Waals surface area contributed by atoms with Crippen molar-refractivity contribution in [2.45, 2.75) is 6.18 Å². The molecular formula is C12H13F4NO2. The van der Waals surface area contributed by atoms with Gasteiger partial charge in [-0.3, -0.25) is 4.79 Å². The van der Waals surface area contributed by atoms with Crippen molar-refractivity contribution in [3.8, 4) is 0 Å². The minimum Gasteiger partial charge on any atom is -0.383 e. The minimum absolute atomic E-state index is 0.133. The van der Waals surface area contributed by atoms with Crippen molar-refractivity contribution >= 4 is 5.78 Å². The number of ether oxygens (including phenoxy) is 1. The SMILES string of the molecule is COCCNCC(=O)c1ccc(F)c(C(F)(F)F)c1. The Morgan fingerprint density at radius 2 is 2.05 bits per heavy atom. The molecule has 1 N–H and O–H groups in total. The van der Waals surface area contributed by atoms with Gasteiger partial charge in [0, 0.05) is 19.2 Å². The van der Waals surface area contributed by atoms with Gasteiger partial charge in [-0.1, -0.05) is 0 Å². The first kappa shape index (κ1) is 15.6. The lowest BCUT2D eigenvalue weighted by Crippen LogP contribution is -2.26. The minimum atomic E-state index is -4.82. The zero-order valence-corrected chi connectivity index (χ0v) is 10.2. The molecule has 7 heteroatoms. The third-order valence-corrected chi connectivity index (χ3v) is 2.36. The fourth-order valence-electron chi connectivity index (χ4n) is 1.39. The Labute approximate surface area is 107 Å². The maximum Gasteiger partial charge on any atom is 0.419 e. The molecule has 3 nitrogen and oxygen atoms in total. The van der Waals surface area contributed by atoms with Crippen molar-refractivity contribution in [1.29, 1.82) is 0 Å². The van der Waals surface area contributed by atoms with Gasteiger partial charge in [0.1, 0.15) is 5.82 Å². The zero-order valence-electron chi connectivity index (χ0n) is 10.2. The summed E-state index contributed by atoms with van der Waals surface area (Å²) in [4.78, 5) is 11.6. The number of Topliss-reactive ketones (excluding diaryl/α,β-unsaturated/α-hetero) is 1. The zero-order chi connectivity index (χ0) is 14.5. The van der Waals surface area contributed by atoms with Gasteiger partial charge in [-0.05, 0) is 18.2 Å². The van der Waals surface area contributed by atoms with Gasteiger partial charge in [0.25, 0.3) is 0 Å². The third kappa shape index (κ3) is 4.60. The molecule has 1 aromatic carbocycles. The number of carbonyl (C=O) groups excluding carboxylic acids is 1. The predicted molar refractivity (Wildman–Crippen MR) is 60.5 cm³/mol. The van der Waals surface area contributed by atoms with Gasteiger partial charge in [-0.25, -0.2) is 4.39 Å². The number of hydrogen-bond donors (Lipinski definition) is 1. The molecular weight excluding hydrogens is 266 g/mol. The summed E-state index contributed by atoms with van der Waals surface area (Å²) in [7, 11) is 1.49. The molecule has 0 amide bonds. The maximum atomic E-state index is 13.0. The van der Waals surface area contributed by atoms with Crippen molar-refractivity contribution in [2.24, 2.45) is 0 Å². The van der Waals surface area contributed by atoms with E-state index in [0.29, 0.717) is 25.3 Å². The quantitative estimate of drug-likeness (QED) is 0.493. The molecule has 0 unspecified atom stereocenters. The molecule has 0 aliphatic heterocycles. The van der Waals surface area contributed by atoms with Crippen LogP contribution < -0.4 is 5.32 Å². The molecule has 19 heavy (non-hydrogen) atoms. The lowest BCUT2D eigenvalue weighted by atomic mass is 10.1. The van der Waals surface area contributed by atoms with Crippen LogP contribution in [0.3, 0.4) is 0 Å². The van der Waals surface area contributed by atoms with Crippen molar-refractivity contribution in [3.05, 3.63) is 35.1 Å². The molecule has 0 saturated carbocycles. The number of nitrogens with one attached hydrogen (secondary N) is 1. The third-order valence-electron chi connectivity index (χ3n) is 2.36. The van der Waals surface area contributed by atoms with Gasteiger partial charge in [0.2, 0.25) is 0 Å². The van der Waals surface area contributed by atoms with Crippen LogP contribution in [0, 0.1) is 5.82 Å². The van der Waals surface area contributed by atoms with Crippen LogP contribution >= 0.6 is 0 Å². The lowest BCUT2D eigenvalue weighted by molar-refractivity contribution is -0.140. The highest BCUT2D eigenvalue weighted by atomic mass is 19.4. The fraction of sp³-hybridized carbons (Fsp3) is 0.417. The standard InChI is InChI=1S/C12H13F4NO2/c1-19-5-4-17-7-11(18)8-2-3-10(13)9(6-8)12(14,15)16/h2-3,6,17H,4-5,7H2,1H3. The molecule has 106 valence electrons. The molecule has 0 saturated heterocycles. The molecule has 0 aromatic heterocycles. The van der Waals surface area contributed by atoms with Crippen LogP contribution in [0.4, 0.5) is 17.6 Å². The first-order chi connectivity index (χ1) is 8.86. The van der Waals surface area contributed by atoms with Crippen LogP contribution in [0.25, 0.3) is 0 Å². The van der Waals surface area contributed by atoms with Gasteiger partial charge in [-0.2, -0.15) is 13.2 Å². The van der Waals surface area contributed by atoms with E-state index < -0.39 is 23.3 Å². The normalized spacial score (nSPS) is 11.6. The van der Waals surface area contributed by atoms with Gasteiger partial charge in [0.15, 0.2) is 5.78 Å². The molecule has 0 aliphatic rings. The van der Waals surface area contributed by atoms with E-state index in [9.17, 15) is 22.4 Å². The topological polar surface area (TPSA) is 38.3 Å². The molecule has 0 radical (unpaired) electrons. The number of rotatable bonds is 6. The van der Waals surface area contributed by atoms with E-state index in [2.05, 4.69) is 5.32 Å². The van der Waals surface area contributed by atoms with Crippen molar-refractivity contribution in [1.82, 2.24) is 5.32 Å². The first-order valence-electron chi connectivity index (χ1n) is 5.46. The molecule has 0 fully saturated rings. The van der Waals surface area contributed by atoms with Crippen LogP contribution in [0.5, 0.6) is 0 Å². The summed E-state index contributed by atoms with van der Waals surface area (Å²) in [6.45, 7) is 0.645. The van der Waals surface area contributed by atoms with E-state index in [1.807, 2.05) is 0 Å². The van der Waals surface area contributed by atoms with E-state index in [0.717, 1.165) is 6.07 Å². The van der Waals surface area contributed by atoms with Crippen molar-refractivity contribution in [2.75, 3.05) is 26.8 Å². The highest BCUT2D eigenvalue weighted by molar-refractivity contribution is 5.97. The second-order valence-corrected chi connectivity index (χ2v) is 3.79. The Kier molecular flexibility index (Phi) is 5.44. The predicted octanol–water partition coefficient (Wildman–Crippen LogP) is 2.26. The summed E-state index contributed by atoms with van der Waals surface area (Å²) in [5.41, 5.74) is -1.62. The second kappa shape index (κ2) is 6.63. The lowest BCUT2D eigenvalue weighted by Gasteiger charge is -2.10. The van der Waals surface area contributed by atoms with Crippen LogP contribution in [-0.4, -0.2) is 32.6 Å². The van der Waals surface area contributed by atoms with Crippen molar-refractivity contribution in [3.63, 3.8) is 0 Å². The van der Waals surface area contributed by atoms with E-state index in [4.69, 9.17) is 4.74 Å². The van der Waals surface area contributed by atoms with E-state index >= 15 is 0 Å². The average molecular weight is 279 g/mol. The summed E-state index contributed by atoms with van der Waals surface area (Å²) in [5, 5.41) is 2.71. The Hall–Kier alpha value is -1.47. The summed E-state index contributed by atoms with van der Waals surface area (Å²) in [6, 6.07) is 2.20. The summed E-state index contributed by atoms with van der Waals surface area (Å²) >= 11 is 0. The first-order valence-corrected chi connectivity index (χ1v) is 5.46. The Bertz CT molecular complexity index is 446. The number of methoxy groups -OCH3 is 1. The number of halogens is 4. The molecule has 1 aromatic rings. The number of hydrogen-bond acceptors (Lipinski definition) is 3. The highest BCUT2D eigenvalue weighted by Gasteiger charge is 2.34. The molecule has 0 bridgehead atoms. The largest absolute Gasteiger partial charge is 0.419 e. The summed E-state index contributed by atoms with van der Waals surface area (Å²) < 4.78 is 55.1. The maximum absolute atomic E-state index is 13.0. The smallest absolute Gasteiger partial charge is 0.383 e. The van der Waals surface area contributed by atoms with E-state index in [1.165, 1.54) is 7.11 Å². The molecule has 1 rings (SSSR count). The van der Waals surface area contributed by atoms with Gasteiger partial charge in [-0.15, -0.1) is 0 Å². The molecule has 0 spiro atoms. The van der Waals surface area contributed by atoms with Crippen LogP contribution in [0.2, 0.25) is 0 Å². The molecule has 0 heterocycles. The summed E-state index contributed by atoms with van der Waals surface area (Å²) in [6.07, 6.45) is -4.82. The van der Waals surface area contributed by atoms with Crippen LogP contribution in [0.1, 0.15) is 15.9 Å². The molecule has 0 aliphatic carbocycles. The molecule has 0 atom stereocenters. The highest BCUT2D eigenvalue weighted by Crippen LogP contribution is 2.31. The Morgan fingerprint density at radius 3 is 2.63 bits per heavy atom. The number of carbonyl (C=O) groups is 1. The van der Waals surface area contributed by atoms with Gasteiger partial charge in [0.05, 0.1) is 18.7 Å². The second-order valence-electron chi connectivity index (χ2n) is 3.79.